The molecule has 0 saturated heterocycles. The quantitative estimate of drug-likeness (QED) is 0.0440. The molecule has 9 heteroatoms. The zero-order chi connectivity index (χ0) is 32.2. The molecule has 0 aliphatic carbocycles. The number of carbonyl (C=O) groups is 1. The van der Waals surface area contributed by atoms with E-state index in [0.717, 1.165) is 38.5 Å². The van der Waals surface area contributed by atoms with Crippen LogP contribution < -0.4 is 10.2 Å². The fraction of sp³-hybridized carbons (Fsp3) is 0.971. The summed E-state index contributed by atoms with van der Waals surface area (Å²) in [5, 5.41) is 13.7. The lowest BCUT2D eigenvalue weighted by molar-refractivity contribution is -0.870. The van der Waals surface area contributed by atoms with Gasteiger partial charge in [-0.3, -0.25) is 9.36 Å². The van der Waals surface area contributed by atoms with Gasteiger partial charge in [0.15, 0.2) is 0 Å². The second-order valence-electron chi connectivity index (χ2n) is 13.6. The average molecular weight is 635 g/mol. The van der Waals surface area contributed by atoms with Gasteiger partial charge in [0.05, 0.1) is 39.9 Å². The summed E-state index contributed by atoms with van der Waals surface area (Å²) in [7, 11) is 1.31. The summed E-state index contributed by atoms with van der Waals surface area (Å²) >= 11 is 0. The first-order valence-electron chi connectivity index (χ1n) is 17.9. The van der Waals surface area contributed by atoms with Crippen LogP contribution in [0.1, 0.15) is 162 Å². The number of likely N-dealkylation sites (N-methyl/N-ethyl adjacent to an activating group) is 1. The molecule has 0 aromatic rings. The molecule has 3 atom stereocenters. The number of unbranched alkanes of at least 4 members (excludes halogenated alkanes) is 19. The Labute approximate surface area is 266 Å². The van der Waals surface area contributed by atoms with Crippen LogP contribution in [0.25, 0.3) is 0 Å². The number of aliphatic hydroxyl groups excluding tert-OH is 1. The molecule has 258 valence electrons. The molecule has 0 aromatic heterocycles. The normalized spacial score (nSPS) is 14.9. The molecule has 0 aliphatic heterocycles. The number of hydrogen-bond acceptors (Lipinski definition) is 6. The minimum Gasteiger partial charge on any atom is -0.756 e. The number of rotatable bonds is 32. The fourth-order valence-corrected chi connectivity index (χ4v) is 5.88. The summed E-state index contributed by atoms with van der Waals surface area (Å²) in [5.74, 6) is -0.169. The molecule has 43 heavy (non-hydrogen) atoms. The molecule has 0 rings (SSSR count). The van der Waals surface area contributed by atoms with E-state index < -0.39 is 20.0 Å². The van der Waals surface area contributed by atoms with Crippen molar-refractivity contribution in [1.29, 1.82) is 0 Å². The van der Waals surface area contributed by atoms with E-state index in [2.05, 4.69) is 19.2 Å². The zero-order valence-electron chi connectivity index (χ0n) is 28.9. The van der Waals surface area contributed by atoms with Crippen molar-refractivity contribution in [2.24, 2.45) is 0 Å². The number of phosphoric acid groups is 1. The van der Waals surface area contributed by atoms with Gasteiger partial charge in [-0.15, -0.1) is 0 Å². The van der Waals surface area contributed by atoms with Gasteiger partial charge in [-0.05, 0) is 12.8 Å². The third kappa shape index (κ3) is 29.9. The molecule has 0 aromatic carbocycles. The minimum atomic E-state index is -4.54. The Kier molecular flexibility index (Phi) is 27.5. The lowest BCUT2D eigenvalue weighted by Gasteiger charge is -2.30. The van der Waals surface area contributed by atoms with Gasteiger partial charge in [0.2, 0.25) is 5.91 Å². The van der Waals surface area contributed by atoms with Gasteiger partial charge < -0.3 is 28.8 Å². The van der Waals surface area contributed by atoms with E-state index in [1.165, 1.54) is 96.3 Å². The molecule has 0 fully saturated rings. The summed E-state index contributed by atoms with van der Waals surface area (Å²) in [6, 6.07) is -0.788. The van der Waals surface area contributed by atoms with Crippen molar-refractivity contribution < 1.29 is 32.9 Å². The van der Waals surface area contributed by atoms with Crippen LogP contribution in [-0.4, -0.2) is 68.5 Å². The summed E-state index contributed by atoms with van der Waals surface area (Å²) in [6.07, 6.45) is 25.4. The van der Waals surface area contributed by atoms with Crippen LogP contribution in [0.2, 0.25) is 0 Å². The topological polar surface area (TPSA) is 108 Å². The average Bonchev–Trinajstić information content (AvgIpc) is 2.94. The van der Waals surface area contributed by atoms with Gasteiger partial charge in [0, 0.05) is 6.42 Å². The Balaban J connectivity index is 4.38. The number of amides is 1. The minimum absolute atomic E-state index is 0.0149. The van der Waals surface area contributed by atoms with Crippen molar-refractivity contribution in [1.82, 2.24) is 5.32 Å². The van der Waals surface area contributed by atoms with Gasteiger partial charge in [-0.25, -0.2) is 0 Å². The van der Waals surface area contributed by atoms with Gasteiger partial charge >= 0.3 is 0 Å². The third-order valence-electron chi connectivity index (χ3n) is 8.10. The first kappa shape index (κ1) is 42.5. The third-order valence-corrected chi connectivity index (χ3v) is 9.06. The first-order chi connectivity index (χ1) is 20.5. The molecule has 0 bridgehead atoms. The second kappa shape index (κ2) is 27.8. The predicted octanol–water partition coefficient (Wildman–Crippen LogP) is 8.05. The van der Waals surface area contributed by atoms with Crippen molar-refractivity contribution in [3.8, 4) is 0 Å². The van der Waals surface area contributed by atoms with Crippen LogP contribution in [0, 0.1) is 0 Å². The number of aliphatic hydroxyl groups is 1. The summed E-state index contributed by atoms with van der Waals surface area (Å²) < 4.78 is 23.0. The number of hydrogen-bond donors (Lipinski definition) is 2. The van der Waals surface area contributed by atoms with Crippen LogP contribution in [0.5, 0.6) is 0 Å². The highest BCUT2D eigenvalue weighted by Gasteiger charge is 2.24. The molecule has 0 radical (unpaired) electrons. The molecular formula is C34H71N2O6P. The van der Waals surface area contributed by atoms with Crippen molar-refractivity contribution >= 4 is 13.7 Å². The van der Waals surface area contributed by atoms with E-state index in [4.69, 9.17) is 9.05 Å². The van der Waals surface area contributed by atoms with E-state index in [9.17, 15) is 19.4 Å². The van der Waals surface area contributed by atoms with Gasteiger partial charge in [0.1, 0.15) is 13.2 Å². The van der Waals surface area contributed by atoms with E-state index >= 15 is 0 Å². The van der Waals surface area contributed by atoms with E-state index in [0.29, 0.717) is 23.9 Å². The number of nitrogens with zero attached hydrogens (tertiary/aromatic N) is 1. The Morgan fingerprint density at radius 2 is 1.14 bits per heavy atom. The fourth-order valence-electron chi connectivity index (χ4n) is 5.16. The smallest absolute Gasteiger partial charge is 0.268 e. The SMILES string of the molecule is CCCCCCCCCCCCCCCCC(=O)NC(COP(=O)([O-])OCC[N+](C)(C)C)C(O)CCCCCCCCC. The highest BCUT2D eigenvalue weighted by atomic mass is 31.2. The second-order valence-corrected chi connectivity index (χ2v) is 15.0. The maximum absolute atomic E-state index is 12.7. The standard InChI is InChI=1S/C34H71N2O6P/c1-6-8-10-12-14-15-16-17-18-19-20-22-24-26-28-34(38)35-32(33(37)27-25-23-21-13-11-9-7-2)31-42-43(39,40)41-30-29-36(3,4)5/h32-33,37H,6-31H2,1-5H3,(H-,35,38,39,40). The maximum Gasteiger partial charge on any atom is 0.268 e. The Morgan fingerprint density at radius 3 is 1.58 bits per heavy atom. The van der Waals surface area contributed by atoms with Crippen LogP contribution in [-0.2, 0) is 18.4 Å². The zero-order valence-corrected chi connectivity index (χ0v) is 29.8. The lowest BCUT2D eigenvalue weighted by atomic mass is 10.0. The van der Waals surface area contributed by atoms with Gasteiger partial charge in [-0.1, -0.05) is 142 Å². The molecule has 3 unspecified atom stereocenters. The molecular weight excluding hydrogens is 563 g/mol. The van der Waals surface area contributed by atoms with E-state index in [-0.39, 0.29) is 19.1 Å². The molecule has 0 aliphatic rings. The summed E-state index contributed by atoms with van der Waals surface area (Å²) in [5.41, 5.74) is 0. The van der Waals surface area contributed by atoms with Crippen molar-refractivity contribution in [3.63, 3.8) is 0 Å². The van der Waals surface area contributed by atoms with Crippen molar-refractivity contribution in [3.05, 3.63) is 0 Å². The first-order valence-corrected chi connectivity index (χ1v) is 19.3. The number of nitrogens with one attached hydrogen (secondary N) is 1. The lowest BCUT2D eigenvalue weighted by Crippen LogP contribution is -2.46. The largest absolute Gasteiger partial charge is 0.756 e. The van der Waals surface area contributed by atoms with Gasteiger partial charge in [-0.2, -0.15) is 0 Å². The van der Waals surface area contributed by atoms with Crippen LogP contribution in [0.15, 0.2) is 0 Å². The van der Waals surface area contributed by atoms with Crippen LogP contribution >= 0.6 is 7.82 Å². The highest BCUT2D eigenvalue weighted by molar-refractivity contribution is 7.45. The predicted molar refractivity (Wildman–Crippen MR) is 178 cm³/mol. The summed E-state index contributed by atoms with van der Waals surface area (Å²) in [4.78, 5) is 25.0. The molecule has 0 heterocycles. The van der Waals surface area contributed by atoms with Gasteiger partial charge in [0.25, 0.3) is 7.82 Å². The van der Waals surface area contributed by atoms with Crippen molar-refractivity contribution in [2.75, 3.05) is 40.9 Å². The monoisotopic (exact) mass is 635 g/mol. The number of quaternary nitrogens is 1. The van der Waals surface area contributed by atoms with E-state index in [1.807, 2.05) is 21.1 Å². The highest BCUT2D eigenvalue weighted by Crippen LogP contribution is 2.38. The summed E-state index contributed by atoms with van der Waals surface area (Å²) in [6.45, 7) is 4.65. The molecule has 0 spiro atoms. The van der Waals surface area contributed by atoms with Crippen LogP contribution in [0.3, 0.4) is 0 Å². The van der Waals surface area contributed by atoms with E-state index in [1.54, 1.807) is 0 Å². The molecule has 1 amide bonds. The van der Waals surface area contributed by atoms with Crippen molar-refractivity contribution in [2.45, 2.75) is 174 Å². The molecule has 0 saturated carbocycles. The Morgan fingerprint density at radius 1 is 0.721 bits per heavy atom. The number of carbonyl (C=O) groups excluding carboxylic acids is 1. The number of phosphoric ester groups is 1. The Bertz CT molecular complexity index is 688. The van der Waals surface area contributed by atoms with Crippen LogP contribution in [0.4, 0.5) is 0 Å². The molecule has 8 nitrogen and oxygen atoms in total. The Hall–Kier alpha value is -0.500. The molecule has 2 N–H and O–H groups in total. The maximum atomic E-state index is 12.7.